The van der Waals surface area contributed by atoms with Gasteiger partial charge in [0, 0.05) is 12.4 Å². The molecule has 2 N–H and O–H groups in total. The standard InChI is InChI=1S/C9H9N5S/c1-15-7-4-6(13-5-14-7)8-9(10)12-3-2-11-8/h2-5H,1H3,(H2,10,12). The monoisotopic (exact) mass is 219 g/mol. The summed E-state index contributed by atoms with van der Waals surface area (Å²) in [6.07, 6.45) is 6.59. The van der Waals surface area contributed by atoms with Gasteiger partial charge in [0.2, 0.25) is 0 Å². The number of nitrogens with two attached hydrogens (primary N) is 1. The molecule has 0 spiro atoms. The number of nitrogens with zero attached hydrogens (tertiary/aromatic N) is 4. The fourth-order valence-electron chi connectivity index (χ4n) is 1.13. The molecule has 0 bridgehead atoms. The normalized spacial score (nSPS) is 10.2. The minimum atomic E-state index is 0.378. The van der Waals surface area contributed by atoms with Gasteiger partial charge in [-0.3, -0.25) is 0 Å². The van der Waals surface area contributed by atoms with E-state index in [0.717, 1.165) is 5.03 Å². The summed E-state index contributed by atoms with van der Waals surface area (Å²) in [5, 5.41) is 0.880. The molecule has 6 heteroatoms. The van der Waals surface area contributed by atoms with Gasteiger partial charge in [0.05, 0.1) is 10.7 Å². The van der Waals surface area contributed by atoms with Crippen LogP contribution in [-0.4, -0.2) is 26.2 Å². The van der Waals surface area contributed by atoms with E-state index in [1.807, 2.05) is 12.3 Å². The predicted octanol–water partition coefficient (Wildman–Crippen LogP) is 1.24. The second-order valence-corrected chi connectivity index (χ2v) is 3.56. The third-order valence-electron chi connectivity index (χ3n) is 1.82. The molecule has 0 atom stereocenters. The lowest BCUT2D eigenvalue weighted by molar-refractivity contribution is 1.04. The van der Waals surface area contributed by atoms with Crippen molar-refractivity contribution in [2.24, 2.45) is 0 Å². The second kappa shape index (κ2) is 4.22. The van der Waals surface area contributed by atoms with Crippen molar-refractivity contribution in [3.63, 3.8) is 0 Å². The molecule has 2 aromatic heterocycles. The number of hydrogen-bond acceptors (Lipinski definition) is 6. The molecule has 2 heterocycles. The fraction of sp³-hybridized carbons (Fsp3) is 0.111. The smallest absolute Gasteiger partial charge is 0.151 e. The lowest BCUT2D eigenvalue weighted by atomic mass is 10.3. The topological polar surface area (TPSA) is 77.6 Å². The van der Waals surface area contributed by atoms with Gasteiger partial charge in [0.15, 0.2) is 5.82 Å². The fourth-order valence-corrected chi connectivity index (χ4v) is 1.51. The zero-order chi connectivity index (χ0) is 10.7. The lowest BCUT2D eigenvalue weighted by Crippen LogP contribution is -1.98. The summed E-state index contributed by atoms with van der Waals surface area (Å²) in [6.45, 7) is 0. The Hall–Kier alpha value is -1.69. The molecule has 0 saturated carbocycles. The van der Waals surface area contributed by atoms with E-state index < -0.39 is 0 Å². The Morgan fingerprint density at radius 3 is 2.67 bits per heavy atom. The highest BCUT2D eigenvalue weighted by molar-refractivity contribution is 7.98. The van der Waals surface area contributed by atoms with Crippen LogP contribution in [0.15, 0.2) is 29.8 Å². The molecule has 15 heavy (non-hydrogen) atoms. The van der Waals surface area contributed by atoms with Crippen molar-refractivity contribution in [3.8, 4) is 11.4 Å². The summed E-state index contributed by atoms with van der Waals surface area (Å²) >= 11 is 1.54. The first kappa shape index (κ1) is 9.85. The highest BCUT2D eigenvalue weighted by atomic mass is 32.2. The van der Waals surface area contributed by atoms with Crippen LogP contribution in [0.5, 0.6) is 0 Å². The van der Waals surface area contributed by atoms with Crippen LogP contribution in [0.25, 0.3) is 11.4 Å². The molecular weight excluding hydrogens is 210 g/mol. The molecule has 2 aromatic rings. The van der Waals surface area contributed by atoms with Crippen LogP contribution in [0.3, 0.4) is 0 Å². The molecule has 0 aliphatic carbocycles. The molecule has 0 fully saturated rings. The van der Waals surface area contributed by atoms with Gasteiger partial charge < -0.3 is 5.73 Å². The molecule has 0 aliphatic rings. The largest absolute Gasteiger partial charge is 0.382 e. The molecule has 0 unspecified atom stereocenters. The lowest BCUT2D eigenvalue weighted by Gasteiger charge is -2.02. The van der Waals surface area contributed by atoms with Gasteiger partial charge in [-0.1, -0.05) is 0 Å². The van der Waals surface area contributed by atoms with Crippen molar-refractivity contribution in [2.45, 2.75) is 5.03 Å². The molecule has 0 aromatic carbocycles. The Morgan fingerprint density at radius 2 is 1.93 bits per heavy atom. The molecule has 2 rings (SSSR count). The molecule has 0 amide bonds. The van der Waals surface area contributed by atoms with Gasteiger partial charge in [-0.15, -0.1) is 11.8 Å². The Balaban J connectivity index is 2.49. The van der Waals surface area contributed by atoms with Crippen molar-refractivity contribution in [3.05, 3.63) is 24.8 Å². The van der Waals surface area contributed by atoms with Gasteiger partial charge in [-0.2, -0.15) is 0 Å². The van der Waals surface area contributed by atoms with E-state index in [1.54, 1.807) is 24.2 Å². The Kier molecular flexibility index (Phi) is 2.77. The molecular formula is C9H9N5S. The summed E-state index contributed by atoms with van der Waals surface area (Å²) in [5.74, 6) is 0.378. The first-order valence-corrected chi connectivity index (χ1v) is 5.46. The zero-order valence-corrected chi connectivity index (χ0v) is 8.90. The summed E-state index contributed by atoms with van der Waals surface area (Å²) in [4.78, 5) is 16.3. The predicted molar refractivity (Wildman–Crippen MR) is 59.3 cm³/mol. The van der Waals surface area contributed by atoms with Crippen LogP contribution in [0.2, 0.25) is 0 Å². The summed E-state index contributed by atoms with van der Waals surface area (Å²) in [5.41, 5.74) is 6.99. The zero-order valence-electron chi connectivity index (χ0n) is 8.08. The highest BCUT2D eigenvalue weighted by Gasteiger charge is 2.06. The van der Waals surface area contributed by atoms with E-state index in [9.17, 15) is 0 Å². The van der Waals surface area contributed by atoms with Crippen molar-refractivity contribution >= 4 is 17.6 Å². The number of anilines is 1. The van der Waals surface area contributed by atoms with Gasteiger partial charge in [0.1, 0.15) is 12.0 Å². The van der Waals surface area contributed by atoms with Crippen molar-refractivity contribution in [1.82, 2.24) is 19.9 Å². The average molecular weight is 219 g/mol. The van der Waals surface area contributed by atoms with Crippen LogP contribution >= 0.6 is 11.8 Å². The summed E-state index contributed by atoms with van der Waals surface area (Å²) in [6, 6.07) is 1.84. The van der Waals surface area contributed by atoms with Crippen LogP contribution in [0.1, 0.15) is 0 Å². The van der Waals surface area contributed by atoms with E-state index in [4.69, 9.17) is 5.73 Å². The minimum absolute atomic E-state index is 0.378. The third kappa shape index (κ3) is 2.04. The van der Waals surface area contributed by atoms with Crippen LogP contribution in [0.4, 0.5) is 5.82 Å². The number of aromatic nitrogens is 4. The van der Waals surface area contributed by atoms with Gasteiger partial charge in [-0.05, 0) is 12.3 Å². The van der Waals surface area contributed by atoms with Gasteiger partial charge in [0.25, 0.3) is 0 Å². The number of rotatable bonds is 2. The Morgan fingerprint density at radius 1 is 1.13 bits per heavy atom. The average Bonchev–Trinajstić information content (AvgIpc) is 2.30. The number of hydrogen-bond donors (Lipinski definition) is 1. The number of thioether (sulfide) groups is 1. The first-order chi connectivity index (χ1) is 7.31. The van der Waals surface area contributed by atoms with E-state index in [2.05, 4.69) is 19.9 Å². The Bertz CT molecular complexity index is 474. The maximum atomic E-state index is 5.70. The molecule has 5 nitrogen and oxygen atoms in total. The van der Waals surface area contributed by atoms with Crippen LogP contribution in [0, 0.1) is 0 Å². The molecule has 0 aliphatic heterocycles. The highest BCUT2D eigenvalue weighted by Crippen LogP contribution is 2.21. The maximum absolute atomic E-state index is 5.70. The summed E-state index contributed by atoms with van der Waals surface area (Å²) < 4.78 is 0. The van der Waals surface area contributed by atoms with Gasteiger partial charge >= 0.3 is 0 Å². The SMILES string of the molecule is CSc1cc(-c2nccnc2N)ncn1. The van der Waals surface area contributed by atoms with Crippen molar-refractivity contribution in [1.29, 1.82) is 0 Å². The van der Waals surface area contributed by atoms with E-state index in [-0.39, 0.29) is 0 Å². The maximum Gasteiger partial charge on any atom is 0.151 e. The van der Waals surface area contributed by atoms with E-state index >= 15 is 0 Å². The number of nitrogen functional groups attached to an aromatic ring is 1. The summed E-state index contributed by atoms with van der Waals surface area (Å²) in [7, 11) is 0. The Labute approximate surface area is 91.2 Å². The minimum Gasteiger partial charge on any atom is -0.382 e. The molecule has 76 valence electrons. The quantitative estimate of drug-likeness (QED) is 0.604. The molecule has 0 radical (unpaired) electrons. The van der Waals surface area contributed by atoms with Gasteiger partial charge in [-0.25, -0.2) is 19.9 Å². The first-order valence-electron chi connectivity index (χ1n) is 4.24. The molecule has 0 saturated heterocycles. The van der Waals surface area contributed by atoms with Crippen molar-refractivity contribution < 1.29 is 0 Å². The van der Waals surface area contributed by atoms with Crippen LogP contribution < -0.4 is 5.73 Å². The van der Waals surface area contributed by atoms with Crippen LogP contribution in [-0.2, 0) is 0 Å². The second-order valence-electron chi connectivity index (χ2n) is 2.74. The van der Waals surface area contributed by atoms with E-state index in [0.29, 0.717) is 17.2 Å². The van der Waals surface area contributed by atoms with E-state index in [1.165, 1.54) is 6.33 Å². The third-order valence-corrected chi connectivity index (χ3v) is 2.46. The van der Waals surface area contributed by atoms with Crippen molar-refractivity contribution in [2.75, 3.05) is 12.0 Å².